The fraction of sp³-hybridized carbons (Fsp3) is 0.891. The smallest absolute Gasteiger partial charge is 0.306 e. The number of quaternary nitrogens is 1. The first kappa shape index (κ1) is 54.0. The number of carbonyl (C=O) groups excluding carboxylic acids is 1. The number of esters is 1. The van der Waals surface area contributed by atoms with Crippen LogP contribution >= 0.6 is 7.82 Å². The second kappa shape index (κ2) is 39.8. The highest BCUT2D eigenvalue weighted by molar-refractivity contribution is 7.45. The first-order valence-electron chi connectivity index (χ1n) is 23.1. The molecule has 0 fully saturated rings. The topological polar surface area (TPSA) is 94.1 Å². The summed E-state index contributed by atoms with van der Waals surface area (Å²) >= 11 is 0. The SMILES string of the molecule is CCCCC/C=C\C/C=C\CCCCCCCCCCCC(=O)O[C@H](COCCCCCCCCCCCCCCCC)COP(=O)([O-])OCC[N+](C)(C)C. The van der Waals surface area contributed by atoms with Gasteiger partial charge in [-0.1, -0.05) is 179 Å². The number of ether oxygens (including phenoxy) is 2. The quantitative estimate of drug-likeness (QED) is 0.0199. The Morgan fingerprint density at radius 1 is 0.564 bits per heavy atom. The van der Waals surface area contributed by atoms with Crippen LogP contribution in [0.15, 0.2) is 24.3 Å². The summed E-state index contributed by atoms with van der Waals surface area (Å²) in [5.74, 6) is -0.336. The zero-order valence-corrected chi connectivity index (χ0v) is 37.8. The van der Waals surface area contributed by atoms with Crippen LogP contribution in [-0.4, -0.2) is 70.7 Å². The van der Waals surface area contributed by atoms with Crippen LogP contribution in [0.25, 0.3) is 0 Å². The number of rotatable bonds is 43. The number of hydrogen-bond acceptors (Lipinski definition) is 7. The van der Waals surface area contributed by atoms with E-state index in [1.807, 2.05) is 21.1 Å². The standard InChI is InChI=1S/C46H90NO7P/c1-6-8-10-12-14-16-18-20-22-23-24-25-26-27-29-31-33-35-37-39-46(48)54-45(44-53-55(49,50)52-42-40-47(3,4)5)43-51-41-38-36-34-32-30-28-21-19-17-15-13-11-9-7-2/h14,16,20,22,45H,6-13,15,17-19,21,23-44H2,1-5H3/b16-14-,22-20-/t45-/m1/s1. The lowest BCUT2D eigenvalue weighted by Crippen LogP contribution is -2.37. The van der Waals surface area contributed by atoms with E-state index >= 15 is 0 Å². The zero-order chi connectivity index (χ0) is 40.6. The van der Waals surface area contributed by atoms with Crippen molar-refractivity contribution >= 4 is 13.8 Å². The predicted octanol–water partition coefficient (Wildman–Crippen LogP) is 13.0. The van der Waals surface area contributed by atoms with E-state index in [0.717, 1.165) is 38.5 Å². The van der Waals surface area contributed by atoms with Gasteiger partial charge in [-0.05, 0) is 44.9 Å². The third-order valence-electron chi connectivity index (χ3n) is 10.0. The summed E-state index contributed by atoms with van der Waals surface area (Å²) in [5, 5.41) is 0. The molecule has 0 aromatic carbocycles. The summed E-state index contributed by atoms with van der Waals surface area (Å²) in [4.78, 5) is 25.1. The van der Waals surface area contributed by atoms with Crippen molar-refractivity contribution in [3.8, 4) is 0 Å². The Bertz CT molecular complexity index is 936. The Kier molecular flexibility index (Phi) is 39.1. The number of phosphoric ester groups is 1. The Balaban J connectivity index is 4.18. The van der Waals surface area contributed by atoms with Gasteiger partial charge in [0.2, 0.25) is 0 Å². The van der Waals surface area contributed by atoms with Gasteiger partial charge in [0.1, 0.15) is 19.3 Å². The van der Waals surface area contributed by atoms with E-state index in [0.29, 0.717) is 24.1 Å². The van der Waals surface area contributed by atoms with Crippen molar-refractivity contribution in [3.63, 3.8) is 0 Å². The third kappa shape index (κ3) is 43.9. The summed E-state index contributed by atoms with van der Waals surface area (Å²) in [6, 6.07) is 0. The molecule has 0 aromatic rings. The fourth-order valence-corrected chi connectivity index (χ4v) is 7.13. The van der Waals surface area contributed by atoms with Crippen molar-refractivity contribution in [3.05, 3.63) is 24.3 Å². The zero-order valence-electron chi connectivity index (χ0n) is 36.9. The maximum atomic E-state index is 12.7. The van der Waals surface area contributed by atoms with Crippen LogP contribution in [-0.2, 0) is 27.9 Å². The van der Waals surface area contributed by atoms with Gasteiger partial charge < -0.3 is 27.9 Å². The normalized spacial score (nSPS) is 13.9. The minimum Gasteiger partial charge on any atom is -0.756 e. The third-order valence-corrected chi connectivity index (χ3v) is 11.0. The van der Waals surface area contributed by atoms with Gasteiger partial charge in [-0.3, -0.25) is 9.36 Å². The number of carbonyl (C=O) groups is 1. The number of likely N-dealkylation sites (N-methyl/N-ethyl adjacent to an activating group) is 1. The van der Waals surface area contributed by atoms with Crippen LogP contribution in [0.5, 0.6) is 0 Å². The highest BCUT2D eigenvalue weighted by Gasteiger charge is 2.20. The van der Waals surface area contributed by atoms with Crippen molar-refractivity contribution < 1.29 is 37.3 Å². The summed E-state index contributed by atoms with van der Waals surface area (Å²) in [7, 11) is 1.36. The molecule has 1 unspecified atom stereocenters. The van der Waals surface area contributed by atoms with Gasteiger partial charge in [0.25, 0.3) is 7.82 Å². The van der Waals surface area contributed by atoms with Crippen molar-refractivity contribution in [2.45, 2.75) is 213 Å². The molecule has 0 N–H and O–H groups in total. The van der Waals surface area contributed by atoms with E-state index in [1.54, 1.807) is 0 Å². The van der Waals surface area contributed by atoms with Crippen LogP contribution in [0.3, 0.4) is 0 Å². The second-order valence-corrected chi connectivity index (χ2v) is 18.2. The van der Waals surface area contributed by atoms with Gasteiger partial charge in [0.15, 0.2) is 0 Å². The Hall–Kier alpha value is -1.02. The molecule has 9 heteroatoms. The minimum atomic E-state index is -4.52. The van der Waals surface area contributed by atoms with E-state index in [4.69, 9.17) is 18.5 Å². The van der Waals surface area contributed by atoms with Crippen molar-refractivity contribution in [1.29, 1.82) is 0 Å². The first-order valence-corrected chi connectivity index (χ1v) is 24.5. The molecule has 8 nitrogen and oxygen atoms in total. The molecule has 0 bridgehead atoms. The van der Waals surface area contributed by atoms with Gasteiger partial charge >= 0.3 is 5.97 Å². The Morgan fingerprint density at radius 3 is 1.51 bits per heavy atom. The minimum absolute atomic E-state index is 0.0273. The number of allylic oxidation sites excluding steroid dienone is 4. The van der Waals surface area contributed by atoms with Gasteiger partial charge in [-0.15, -0.1) is 0 Å². The second-order valence-electron chi connectivity index (χ2n) is 16.8. The highest BCUT2D eigenvalue weighted by atomic mass is 31.2. The van der Waals surface area contributed by atoms with Crippen molar-refractivity contribution in [1.82, 2.24) is 0 Å². The van der Waals surface area contributed by atoms with Crippen LogP contribution in [0, 0.1) is 0 Å². The summed E-state index contributed by atoms with van der Waals surface area (Å²) in [5.41, 5.74) is 0. The van der Waals surface area contributed by atoms with Gasteiger partial charge in [0, 0.05) is 13.0 Å². The van der Waals surface area contributed by atoms with Crippen LogP contribution in [0.2, 0.25) is 0 Å². The van der Waals surface area contributed by atoms with E-state index in [1.165, 1.54) is 148 Å². The number of phosphoric acid groups is 1. The van der Waals surface area contributed by atoms with E-state index in [-0.39, 0.29) is 25.8 Å². The molecule has 0 heterocycles. The van der Waals surface area contributed by atoms with Crippen molar-refractivity contribution in [2.24, 2.45) is 0 Å². The summed E-state index contributed by atoms with van der Waals surface area (Å²) in [6.07, 6.45) is 44.7. The lowest BCUT2D eigenvalue weighted by atomic mass is 10.0. The number of nitrogens with zero attached hydrogens (tertiary/aromatic N) is 1. The molecule has 0 aromatic heterocycles. The molecule has 0 saturated carbocycles. The van der Waals surface area contributed by atoms with Crippen molar-refractivity contribution in [2.75, 3.05) is 54.1 Å². The summed E-state index contributed by atoms with van der Waals surface area (Å²) < 4.78 is 34.6. The maximum Gasteiger partial charge on any atom is 0.306 e. The Labute approximate surface area is 341 Å². The molecule has 0 rings (SSSR count). The average molecular weight is 800 g/mol. The highest BCUT2D eigenvalue weighted by Crippen LogP contribution is 2.38. The molecule has 2 atom stereocenters. The molecule has 0 aliphatic carbocycles. The maximum absolute atomic E-state index is 12.7. The molecule has 326 valence electrons. The lowest BCUT2D eigenvalue weighted by Gasteiger charge is -2.28. The lowest BCUT2D eigenvalue weighted by molar-refractivity contribution is -0.870. The fourth-order valence-electron chi connectivity index (χ4n) is 6.40. The Morgan fingerprint density at radius 2 is 1.00 bits per heavy atom. The molecule has 55 heavy (non-hydrogen) atoms. The van der Waals surface area contributed by atoms with Gasteiger partial charge in [-0.2, -0.15) is 0 Å². The van der Waals surface area contributed by atoms with Gasteiger partial charge in [0.05, 0.1) is 34.4 Å². The van der Waals surface area contributed by atoms with Crippen LogP contribution < -0.4 is 4.89 Å². The first-order chi connectivity index (χ1) is 26.6. The van der Waals surface area contributed by atoms with Crippen LogP contribution in [0.4, 0.5) is 0 Å². The van der Waals surface area contributed by atoms with E-state index in [9.17, 15) is 14.3 Å². The molecule has 0 aliphatic heterocycles. The van der Waals surface area contributed by atoms with E-state index < -0.39 is 13.9 Å². The molecule has 0 spiro atoms. The van der Waals surface area contributed by atoms with Gasteiger partial charge in [-0.25, -0.2) is 0 Å². The molecule has 0 radical (unpaired) electrons. The number of hydrogen-bond donors (Lipinski definition) is 0. The average Bonchev–Trinajstić information content (AvgIpc) is 3.13. The monoisotopic (exact) mass is 800 g/mol. The summed E-state index contributed by atoms with van der Waals surface area (Å²) in [6.45, 7) is 5.42. The molecular weight excluding hydrogens is 709 g/mol. The number of unbranched alkanes of at least 4 members (excludes halogenated alkanes) is 25. The predicted molar refractivity (Wildman–Crippen MR) is 231 cm³/mol. The molecular formula is C46H90NO7P. The molecule has 0 amide bonds. The molecule has 0 saturated heterocycles. The molecule has 0 aliphatic rings. The van der Waals surface area contributed by atoms with Crippen LogP contribution in [0.1, 0.15) is 206 Å². The van der Waals surface area contributed by atoms with E-state index in [2.05, 4.69) is 38.2 Å². The largest absolute Gasteiger partial charge is 0.756 e.